The molecule has 0 radical (unpaired) electrons. The van der Waals surface area contributed by atoms with Gasteiger partial charge in [0, 0.05) is 18.0 Å². The van der Waals surface area contributed by atoms with E-state index in [1.807, 2.05) is 43.9 Å². The molecule has 1 fully saturated rings. The standard InChI is InChI=1S/C19H27NO4S/c1-13(18(22)23)25-16-8-6-5-7-15(16)17(21)20-11-9-14(10-12-20)24-19(2,3)4/h5-8,13-14H,9-12H2,1-4H3,(H,22,23). The van der Waals surface area contributed by atoms with Crippen molar-refractivity contribution in [2.75, 3.05) is 13.1 Å². The number of amides is 1. The van der Waals surface area contributed by atoms with Crippen molar-refractivity contribution in [3.8, 4) is 0 Å². The van der Waals surface area contributed by atoms with Crippen LogP contribution < -0.4 is 0 Å². The highest BCUT2D eigenvalue weighted by Crippen LogP contribution is 2.29. The molecule has 0 saturated carbocycles. The number of thioether (sulfide) groups is 1. The zero-order chi connectivity index (χ0) is 18.6. The molecule has 1 aliphatic heterocycles. The number of piperidine rings is 1. The molecule has 2 rings (SSSR count). The van der Waals surface area contributed by atoms with Crippen LogP contribution in [-0.4, -0.2) is 51.9 Å². The molecule has 138 valence electrons. The van der Waals surface area contributed by atoms with E-state index in [0.29, 0.717) is 18.7 Å². The van der Waals surface area contributed by atoms with Crippen LogP contribution in [0.15, 0.2) is 29.2 Å². The number of carbonyl (C=O) groups is 2. The minimum Gasteiger partial charge on any atom is -0.480 e. The van der Waals surface area contributed by atoms with Gasteiger partial charge in [-0.25, -0.2) is 0 Å². The zero-order valence-electron chi connectivity index (χ0n) is 15.3. The maximum atomic E-state index is 12.9. The van der Waals surface area contributed by atoms with Crippen LogP contribution in [0.3, 0.4) is 0 Å². The summed E-state index contributed by atoms with van der Waals surface area (Å²) in [7, 11) is 0. The van der Waals surface area contributed by atoms with Gasteiger partial charge >= 0.3 is 5.97 Å². The van der Waals surface area contributed by atoms with Gasteiger partial charge < -0.3 is 14.7 Å². The molecule has 1 unspecified atom stereocenters. The number of carboxylic acids is 1. The third kappa shape index (κ3) is 5.75. The molecule has 1 saturated heterocycles. The minimum absolute atomic E-state index is 0.0325. The zero-order valence-corrected chi connectivity index (χ0v) is 16.1. The number of nitrogens with zero attached hydrogens (tertiary/aromatic N) is 1. The first-order valence-electron chi connectivity index (χ1n) is 8.63. The quantitative estimate of drug-likeness (QED) is 0.807. The van der Waals surface area contributed by atoms with Gasteiger partial charge in [-0.2, -0.15) is 0 Å². The van der Waals surface area contributed by atoms with Crippen LogP contribution in [0.2, 0.25) is 0 Å². The van der Waals surface area contributed by atoms with Crippen molar-refractivity contribution in [2.24, 2.45) is 0 Å². The predicted molar refractivity (Wildman–Crippen MR) is 99.2 cm³/mol. The van der Waals surface area contributed by atoms with Gasteiger partial charge in [-0.15, -0.1) is 11.8 Å². The lowest BCUT2D eigenvalue weighted by molar-refractivity contribution is -0.136. The van der Waals surface area contributed by atoms with Crippen molar-refractivity contribution in [2.45, 2.75) is 62.4 Å². The highest BCUT2D eigenvalue weighted by molar-refractivity contribution is 8.00. The highest BCUT2D eigenvalue weighted by atomic mass is 32.2. The molecule has 0 aromatic heterocycles. The van der Waals surface area contributed by atoms with E-state index in [2.05, 4.69) is 0 Å². The van der Waals surface area contributed by atoms with Crippen LogP contribution in [0.1, 0.15) is 50.9 Å². The number of likely N-dealkylation sites (tertiary alicyclic amines) is 1. The maximum Gasteiger partial charge on any atom is 0.316 e. The van der Waals surface area contributed by atoms with Crippen LogP contribution >= 0.6 is 11.8 Å². The van der Waals surface area contributed by atoms with Gasteiger partial charge in [0.1, 0.15) is 5.25 Å². The van der Waals surface area contributed by atoms with Crippen LogP contribution in [0.25, 0.3) is 0 Å². The van der Waals surface area contributed by atoms with Gasteiger partial charge in [-0.3, -0.25) is 9.59 Å². The van der Waals surface area contributed by atoms with Gasteiger partial charge in [-0.05, 0) is 52.7 Å². The number of carbonyl (C=O) groups excluding carboxylic acids is 1. The summed E-state index contributed by atoms with van der Waals surface area (Å²) in [6.45, 7) is 9.08. The smallest absolute Gasteiger partial charge is 0.316 e. The molecule has 0 aliphatic carbocycles. The molecule has 0 bridgehead atoms. The van der Waals surface area contributed by atoms with Gasteiger partial charge in [-0.1, -0.05) is 12.1 Å². The lowest BCUT2D eigenvalue weighted by atomic mass is 10.0. The fourth-order valence-electron chi connectivity index (χ4n) is 2.83. The topological polar surface area (TPSA) is 66.8 Å². The third-order valence-corrected chi connectivity index (χ3v) is 5.18. The molecule has 25 heavy (non-hydrogen) atoms. The normalized spacial score (nSPS) is 17.4. The van der Waals surface area contributed by atoms with E-state index >= 15 is 0 Å². The SMILES string of the molecule is CC(Sc1ccccc1C(=O)N1CCC(OC(C)(C)C)CC1)C(=O)O. The van der Waals surface area contributed by atoms with E-state index in [4.69, 9.17) is 9.84 Å². The van der Waals surface area contributed by atoms with Crippen molar-refractivity contribution in [3.63, 3.8) is 0 Å². The Morgan fingerprint density at radius 1 is 1.24 bits per heavy atom. The molecule has 1 N–H and O–H groups in total. The van der Waals surface area contributed by atoms with Crippen molar-refractivity contribution in [1.29, 1.82) is 0 Å². The number of benzene rings is 1. The first-order valence-corrected chi connectivity index (χ1v) is 9.51. The van der Waals surface area contributed by atoms with E-state index in [9.17, 15) is 9.59 Å². The largest absolute Gasteiger partial charge is 0.480 e. The Morgan fingerprint density at radius 3 is 2.40 bits per heavy atom. The van der Waals surface area contributed by atoms with Gasteiger partial charge in [0.2, 0.25) is 0 Å². The Labute approximate surface area is 153 Å². The van der Waals surface area contributed by atoms with Crippen molar-refractivity contribution < 1.29 is 19.4 Å². The average Bonchev–Trinajstić information content (AvgIpc) is 2.54. The molecule has 0 spiro atoms. The van der Waals surface area contributed by atoms with Gasteiger partial charge in [0.15, 0.2) is 0 Å². The molecule has 1 atom stereocenters. The van der Waals surface area contributed by atoms with E-state index in [0.717, 1.165) is 17.7 Å². The molecule has 1 aromatic rings. The summed E-state index contributed by atoms with van der Waals surface area (Å²) in [6.07, 6.45) is 1.83. The lowest BCUT2D eigenvalue weighted by Gasteiger charge is -2.35. The summed E-state index contributed by atoms with van der Waals surface area (Å²) in [5.41, 5.74) is 0.406. The predicted octanol–water partition coefficient (Wildman–Crippen LogP) is 3.67. The molecule has 6 heteroatoms. The summed E-state index contributed by atoms with van der Waals surface area (Å²) in [6, 6.07) is 7.24. The Balaban J connectivity index is 2.03. The Morgan fingerprint density at radius 2 is 1.84 bits per heavy atom. The van der Waals surface area contributed by atoms with Crippen molar-refractivity contribution in [1.82, 2.24) is 4.90 Å². The summed E-state index contributed by atoms with van der Waals surface area (Å²) < 4.78 is 6.01. The number of carboxylic acid groups (broad SMARTS) is 1. The van der Waals surface area contributed by atoms with Crippen LogP contribution in [0, 0.1) is 0 Å². The van der Waals surface area contributed by atoms with Gasteiger partial charge in [0.05, 0.1) is 17.3 Å². The van der Waals surface area contributed by atoms with Gasteiger partial charge in [0.25, 0.3) is 5.91 Å². The second kappa shape index (κ2) is 8.23. The van der Waals surface area contributed by atoms with E-state index in [1.165, 1.54) is 11.8 Å². The van der Waals surface area contributed by atoms with Crippen LogP contribution in [-0.2, 0) is 9.53 Å². The second-order valence-corrected chi connectivity index (χ2v) is 8.70. The molecule has 1 amide bonds. The molecular formula is C19H27NO4S. The number of aliphatic carboxylic acids is 1. The third-order valence-electron chi connectivity index (χ3n) is 4.02. The van der Waals surface area contributed by atoms with Crippen molar-refractivity contribution in [3.05, 3.63) is 29.8 Å². The first kappa shape index (κ1) is 19.8. The summed E-state index contributed by atoms with van der Waals surface area (Å²) in [5, 5.41) is 8.52. The Kier molecular flexibility index (Phi) is 6.52. The summed E-state index contributed by atoms with van der Waals surface area (Å²) in [5.74, 6) is -0.915. The maximum absolute atomic E-state index is 12.9. The van der Waals surface area contributed by atoms with E-state index < -0.39 is 11.2 Å². The van der Waals surface area contributed by atoms with E-state index in [-0.39, 0.29) is 17.6 Å². The average molecular weight is 365 g/mol. The summed E-state index contributed by atoms with van der Waals surface area (Å²) >= 11 is 1.21. The molecule has 1 heterocycles. The molecule has 1 aromatic carbocycles. The monoisotopic (exact) mass is 365 g/mol. The van der Waals surface area contributed by atoms with Crippen LogP contribution in [0.5, 0.6) is 0 Å². The Hall–Kier alpha value is -1.53. The molecular weight excluding hydrogens is 338 g/mol. The number of ether oxygens (including phenoxy) is 1. The molecule has 1 aliphatic rings. The number of hydrogen-bond acceptors (Lipinski definition) is 4. The number of rotatable bonds is 5. The molecule has 5 nitrogen and oxygen atoms in total. The highest BCUT2D eigenvalue weighted by Gasteiger charge is 2.28. The summed E-state index contributed by atoms with van der Waals surface area (Å²) in [4.78, 5) is 26.6. The fraction of sp³-hybridized carbons (Fsp3) is 0.579. The van der Waals surface area contributed by atoms with Crippen LogP contribution in [0.4, 0.5) is 0 Å². The first-order chi connectivity index (χ1) is 11.7. The number of hydrogen-bond donors (Lipinski definition) is 1. The lowest BCUT2D eigenvalue weighted by Crippen LogP contribution is -2.43. The minimum atomic E-state index is -0.882. The fourth-order valence-corrected chi connectivity index (χ4v) is 3.76. The Bertz CT molecular complexity index is 618. The second-order valence-electron chi connectivity index (χ2n) is 7.32. The van der Waals surface area contributed by atoms with E-state index in [1.54, 1.807) is 13.0 Å². The van der Waals surface area contributed by atoms with Crippen molar-refractivity contribution >= 4 is 23.6 Å².